The molecule has 1 amide bonds. The van der Waals surface area contributed by atoms with Crippen molar-refractivity contribution >= 4 is 11.6 Å². The molecule has 3 aromatic rings. The first-order valence-electron chi connectivity index (χ1n) is 11.2. The van der Waals surface area contributed by atoms with Crippen LogP contribution in [-0.4, -0.2) is 33.3 Å². The van der Waals surface area contributed by atoms with Crippen LogP contribution in [0.2, 0.25) is 0 Å². The second-order valence-electron chi connectivity index (χ2n) is 8.48. The van der Waals surface area contributed by atoms with E-state index in [4.69, 9.17) is 9.57 Å². The van der Waals surface area contributed by atoms with Gasteiger partial charge >= 0.3 is 0 Å². The van der Waals surface area contributed by atoms with Crippen molar-refractivity contribution in [2.75, 3.05) is 7.11 Å². The molecule has 0 radical (unpaired) electrons. The van der Waals surface area contributed by atoms with E-state index in [0.717, 1.165) is 5.56 Å². The number of amides is 1. The zero-order valence-electron chi connectivity index (χ0n) is 19.9. The van der Waals surface area contributed by atoms with Gasteiger partial charge < -0.3 is 19.5 Å². The van der Waals surface area contributed by atoms with Crippen LogP contribution in [0.15, 0.2) is 52.5 Å². The standard InChI is InChI=1S/C25H26FN5O4/c1-14(2)31-13-17(6-8-24(31)32)22-11-20(30-35-22)19-10-21(29-15(3)28-19)25(33)27-12-16-5-7-18(26)23(9-16)34-4/h5-10,13-14,22H,11-12H2,1-4H3,(H,27,33). The normalized spacial score (nSPS) is 15.0. The lowest BCUT2D eigenvalue weighted by atomic mass is 10.0. The number of oxime groups is 1. The van der Waals surface area contributed by atoms with Crippen LogP contribution in [-0.2, 0) is 11.4 Å². The molecule has 1 atom stereocenters. The maximum atomic E-state index is 13.6. The molecular weight excluding hydrogens is 453 g/mol. The molecule has 4 rings (SSSR count). The third kappa shape index (κ3) is 5.37. The van der Waals surface area contributed by atoms with Gasteiger partial charge in [0.2, 0.25) is 0 Å². The topological polar surface area (TPSA) is 108 Å². The number of carbonyl (C=O) groups is 1. The first-order valence-corrected chi connectivity index (χ1v) is 11.2. The molecule has 1 aliphatic rings. The number of hydrogen-bond donors (Lipinski definition) is 1. The van der Waals surface area contributed by atoms with E-state index in [-0.39, 0.29) is 35.7 Å². The number of ether oxygens (including phenoxy) is 1. The smallest absolute Gasteiger partial charge is 0.270 e. The Bertz CT molecular complexity index is 1350. The summed E-state index contributed by atoms with van der Waals surface area (Å²) in [6.07, 6.45) is 1.85. The van der Waals surface area contributed by atoms with Gasteiger partial charge in [0.15, 0.2) is 17.7 Å². The number of nitrogens with zero attached hydrogens (tertiary/aromatic N) is 4. The van der Waals surface area contributed by atoms with E-state index in [2.05, 4.69) is 20.4 Å². The van der Waals surface area contributed by atoms with Crippen molar-refractivity contribution in [1.82, 2.24) is 19.9 Å². The molecule has 2 aromatic heterocycles. The average molecular weight is 480 g/mol. The summed E-state index contributed by atoms with van der Waals surface area (Å²) in [4.78, 5) is 39.1. The molecule has 1 aromatic carbocycles. The van der Waals surface area contributed by atoms with Gasteiger partial charge in [0.1, 0.15) is 17.2 Å². The molecule has 1 aliphatic heterocycles. The largest absolute Gasteiger partial charge is 0.494 e. The van der Waals surface area contributed by atoms with E-state index < -0.39 is 11.7 Å². The Labute approximate surface area is 201 Å². The van der Waals surface area contributed by atoms with Crippen LogP contribution >= 0.6 is 0 Å². The first kappa shape index (κ1) is 24.1. The van der Waals surface area contributed by atoms with Crippen LogP contribution in [0, 0.1) is 12.7 Å². The Morgan fingerprint density at radius 2 is 2.06 bits per heavy atom. The van der Waals surface area contributed by atoms with Gasteiger partial charge in [-0.2, -0.15) is 0 Å². The lowest BCUT2D eigenvalue weighted by Crippen LogP contribution is -2.25. The van der Waals surface area contributed by atoms with Crippen LogP contribution < -0.4 is 15.6 Å². The molecule has 1 N–H and O–H groups in total. The van der Waals surface area contributed by atoms with Crippen LogP contribution in [0.1, 0.15) is 65.5 Å². The third-order valence-electron chi connectivity index (χ3n) is 5.59. The highest BCUT2D eigenvalue weighted by Crippen LogP contribution is 2.29. The molecule has 0 saturated carbocycles. The Morgan fingerprint density at radius 3 is 2.80 bits per heavy atom. The van der Waals surface area contributed by atoms with Crippen molar-refractivity contribution in [3.05, 3.63) is 87.1 Å². The molecule has 182 valence electrons. The number of aryl methyl sites for hydroxylation is 1. The molecule has 10 heteroatoms. The zero-order chi connectivity index (χ0) is 25.1. The van der Waals surface area contributed by atoms with Gasteiger partial charge in [-0.25, -0.2) is 14.4 Å². The van der Waals surface area contributed by atoms with Gasteiger partial charge in [0.05, 0.1) is 12.8 Å². The van der Waals surface area contributed by atoms with Gasteiger partial charge in [-0.1, -0.05) is 11.2 Å². The van der Waals surface area contributed by atoms with Gasteiger partial charge in [-0.3, -0.25) is 9.59 Å². The van der Waals surface area contributed by atoms with E-state index in [1.165, 1.54) is 25.3 Å². The van der Waals surface area contributed by atoms with Crippen molar-refractivity contribution in [1.29, 1.82) is 0 Å². The summed E-state index contributed by atoms with van der Waals surface area (Å²) in [6.45, 7) is 5.74. The second-order valence-corrected chi connectivity index (χ2v) is 8.48. The predicted molar refractivity (Wildman–Crippen MR) is 127 cm³/mol. The van der Waals surface area contributed by atoms with Crippen LogP contribution in [0.25, 0.3) is 0 Å². The number of pyridine rings is 1. The van der Waals surface area contributed by atoms with Gasteiger partial charge in [-0.05, 0) is 50.6 Å². The number of halogens is 1. The fourth-order valence-electron chi connectivity index (χ4n) is 3.74. The summed E-state index contributed by atoms with van der Waals surface area (Å²) >= 11 is 0. The van der Waals surface area contributed by atoms with Crippen molar-refractivity contribution in [3.63, 3.8) is 0 Å². The minimum atomic E-state index is -0.473. The van der Waals surface area contributed by atoms with Crippen LogP contribution in [0.5, 0.6) is 5.75 Å². The van der Waals surface area contributed by atoms with E-state index in [0.29, 0.717) is 29.2 Å². The minimum absolute atomic E-state index is 0.0193. The zero-order valence-corrected chi connectivity index (χ0v) is 19.9. The number of hydrogen-bond acceptors (Lipinski definition) is 7. The molecule has 35 heavy (non-hydrogen) atoms. The number of nitrogens with one attached hydrogen (secondary N) is 1. The SMILES string of the molecule is COc1cc(CNC(=O)c2cc(C3=NOC(c4ccc(=O)n(C(C)C)c4)C3)nc(C)n2)ccc1F. The summed E-state index contributed by atoms with van der Waals surface area (Å²) in [5.41, 5.74) is 2.69. The minimum Gasteiger partial charge on any atom is -0.494 e. The molecule has 1 unspecified atom stereocenters. The molecule has 0 bridgehead atoms. The highest BCUT2D eigenvalue weighted by molar-refractivity contribution is 6.02. The van der Waals surface area contributed by atoms with Gasteiger partial charge in [0.25, 0.3) is 11.5 Å². The molecular formula is C25H26FN5O4. The highest BCUT2D eigenvalue weighted by Gasteiger charge is 2.26. The molecule has 0 spiro atoms. The highest BCUT2D eigenvalue weighted by atomic mass is 19.1. The fraction of sp³-hybridized carbons (Fsp3) is 0.320. The van der Waals surface area contributed by atoms with E-state index >= 15 is 0 Å². The lowest BCUT2D eigenvalue weighted by molar-refractivity contribution is 0.0851. The molecule has 0 aliphatic carbocycles. The third-order valence-corrected chi connectivity index (χ3v) is 5.59. The average Bonchev–Trinajstić information content (AvgIpc) is 3.33. The summed E-state index contributed by atoms with van der Waals surface area (Å²) in [5.74, 6) is -0.357. The van der Waals surface area contributed by atoms with Crippen LogP contribution in [0.4, 0.5) is 4.39 Å². The van der Waals surface area contributed by atoms with Crippen molar-refractivity contribution < 1.29 is 18.8 Å². The Kier molecular flexibility index (Phi) is 6.90. The second kappa shape index (κ2) is 10.0. The Balaban J connectivity index is 1.47. The number of rotatable bonds is 7. The maximum absolute atomic E-state index is 13.6. The summed E-state index contributed by atoms with van der Waals surface area (Å²) in [7, 11) is 1.38. The summed E-state index contributed by atoms with van der Waals surface area (Å²) in [6, 6.07) is 9.22. The van der Waals surface area contributed by atoms with Gasteiger partial charge in [0, 0.05) is 36.8 Å². The lowest BCUT2D eigenvalue weighted by Gasteiger charge is -2.14. The van der Waals surface area contributed by atoms with Crippen molar-refractivity contribution in [2.45, 2.75) is 45.9 Å². The van der Waals surface area contributed by atoms with E-state index in [9.17, 15) is 14.0 Å². The number of carbonyl (C=O) groups excluding carboxylic acids is 1. The van der Waals surface area contributed by atoms with E-state index in [1.54, 1.807) is 35.9 Å². The maximum Gasteiger partial charge on any atom is 0.270 e. The Morgan fingerprint density at radius 1 is 1.26 bits per heavy atom. The van der Waals surface area contributed by atoms with Gasteiger partial charge in [-0.15, -0.1) is 0 Å². The first-order chi connectivity index (χ1) is 16.7. The number of benzene rings is 1. The van der Waals surface area contributed by atoms with E-state index in [1.807, 2.05) is 13.8 Å². The molecule has 0 saturated heterocycles. The molecule has 3 heterocycles. The molecule has 9 nitrogen and oxygen atoms in total. The monoisotopic (exact) mass is 479 g/mol. The molecule has 0 fully saturated rings. The fourth-order valence-corrected chi connectivity index (χ4v) is 3.74. The predicted octanol–water partition coefficient (Wildman–Crippen LogP) is 3.47. The quantitative estimate of drug-likeness (QED) is 0.556. The van der Waals surface area contributed by atoms with Crippen molar-refractivity contribution in [2.24, 2.45) is 5.16 Å². The Hall–Kier alpha value is -4.08. The van der Waals surface area contributed by atoms with Crippen molar-refractivity contribution in [3.8, 4) is 5.75 Å². The number of aromatic nitrogens is 3. The summed E-state index contributed by atoms with van der Waals surface area (Å²) < 4.78 is 20.2. The summed E-state index contributed by atoms with van der Waals surface area (Å²) in [5, 5.41) is 6.96. The van der Waals surface area contributed by atoms with Crippen LogP contribution in [0.3, 0.4) is 0 Å². The number of methoxy groups -OCH3 is 1.